The number of nitrogens with zero attached hydrogens (tertiary/aromatic N) is 4. The molecular formula is C27H22F4N4O. The molecule has 0 saturated heterocycles. The van der Waals surface area contributed by atoms with Crippen LogP contribution in [-0.2, 0) is 6.42 Å². The fraction of sp³-hybridized carbons (Fsp3) is 0.185. The molecule has 9 heteroatoms. The first-order valence-corrected chi connectivity index (χ1v) is 11.3. The molecule has 2 aromatic carbocycles. The Bertz CT molecular complexity index is 1380. The van der Waals surface area contributed by atoms with Gasteiger partial charge in [-0.15, -0.1) is 6.58 Å². The first kappa shape index (κ1) is 25.0. The highest BCUT2D eigenvalue weighted by Gasteiger charge is 2.22. The Balaban J connectivity index is 1.60. The fourth-order valence-corrected chi connectivity index (χ4v) is 3.48. The van der Waals surface area contributed by atoms with E-state index < -0.39 is 34.4 Å². The van der Waals surface area contributed by atoms with Crippen LogP contribution in [0.4, 0.5) is 17.6 Å². The third-order valence-electron chi connectivity index (χ3n) is 5.42. The van der Waals surface area contributed by atoms with E-state index in [1.165, 1.54) is 30.6 Å². The number of ether oxygens (including phenoxy) is 1. The van der Waals surface area contributed by atoms with Crippen molar-refractivity contribution in [3.63, 3.8) is 0 Å². The molecule has 0 bridgehead atoms. The standard InChI is InChI=1S/C27H22F4N4O/c1-3-5-11-36-21-10-9-20(24(30)25(21)31)19-8-7-18(22(28)23(19)29)17-14-34-27(35-15-17)26-32-12-16(6-4-2)13-33-26/h4,7-10,12-15H,2-3,5-6,11H2,1H3. The number of hydrogen-bond acceptors (Lipinski definition) is 5. The second-order valence-corrected chi connectivity index (χ2v) is 7.93. The fourth-order valence-electron chi connectivity index (χ4n) is 3.48. The molecule has 0 amide bonds. The van der Waals surface area contributed by atoms with Crippen LogP contribution in [0, 0.1) is 23.3 Å². The van der Waals surface area contributed by atoms with E-state index in [0.29, 0.717) is 12.8 Å². The zero-order valence-electron chi connectivity index (χ0n) is 19.4. The van der Waals surface area contributed by atoms with E-state index in [0.717, 1.165) is 18.1 Å². The van der Waals surface area contributed by atoms with Gasteiger partial charge in [-0.25, -0.2) is 33.1 Å². The molecule has 184 valence electrons. The van der Waals surface area contributed by atoms with Crippen LogP contribution >= 0.6 is 0 Å². The highest BCUT2D eigenvalue weighted by Crippen LogP contribution is 2.35. The van der Waals surface area contributed by atoms with Gasteiger partial charge in [-0.05, 0) is 30.5 Å². The molecule has 4 rings (SSSR count). The number of benzene rings is 2. The molecule has 4 aromatic rings. The van der Waals surface area contributed by atoms with Crippen molar-refractivity contribution in [2.45, 2.75) is 26.2 Å². The molecule has 0 radical (unpaired) electrons. The number of allylic oxidation sites excluding steroid dienone is 1. The lowest BCUT2D eigenvalue weighted by atomic mass is 9.99. The van der Waals surface area contributed by atoms with E-state index in [4.69, 9.17) is 4.74 Å². The highest BCUT2D eigenvalue weighted by atomic mass is 19.2. The zero-order valence-corrected chi connectivity index (χ0v) is 19.4. The second kappa shape index (κ2) is 11.1. The van der Waals surface area contributed by atoms with Crippen LogP contribution in [-0.4, -0.2) is 26.5 Å². The average Bonchev–Trinajstić information content (AvgIpc) is 2.90. The third-order valence-corrected chi connectivity index (χ3v) is 5.42. The molecule has 2 heterocycles. The molecule has 5 nitrogen and oxygen atoms in total. The van der Waals surface area contributed by atoms with Crippen molar-refractivity contribution < 1.29 is 22.3 Å². The summed E-state index contributed by atoms with van der Waals surface area (Å²) < 4.78 is 64.3. The van der Waals surface area contributed by atoms with Crippen LogP contribution in [0.25, 0.3) is 33.9 Å². The summed E-state index contributed by atoms with van der Waals surface area (Å²) in [6.07, 6.45) is 9.71. The number of unbranched alkanes of at least 4 members (excludes halogenated alkanes) is 1. The SMILES string of the molecule is C=CCc1cnc(-c2ncc(-c3ccc(-c4ccc(OCCCC)c(F)c4F)c(F)c3F)cn2)nc1. The summed E-state index contributed by atoms with van der Waals surface area (Å²) in [7, 11) is 0. The third kappa shape index (κ3) is 5.10. The van der Waals surface area contributed by atoms with Crippen LogP contribution in [0.2, 0.25) is 0 Å². The lowest BCUT2D eigenvalue weighted by Gasteiger charge is -2.12. The summed E-state index contributed by atoms with van der Waals surface area (Å²) in [4.78, 5) is 16.7. The Morgan fingerprint density at radius 2 is 1.28 bits per heavy atom. The maximum absolute atomic E-state index is 15.0. The summed E-state index contributed by atoms with van der Waals surface area (Å²) in [6.45, 7) is 5.81. The molecule has 0 unspecified atom stereocenters. The topological polar surface area (TPSA) is 60.8 Å². The zero-order chi connectivity index (χ0) is 25.7. The Labute approximate surface area is 205 Å². The summed E-state index contributed by atoms with van der Waals surface area (Å²) in [5.74, 6) is -4.93. The Morgan fingerprint density at radius 1 is 0.750 bits per heavy atom. The van der Waals surface area contributed by atoms with Crippen molar-refractivity contribution in [3.05, 3.63) is 90.5 Å². The van der Waals surface area contributed by atoms with Crippen LogP contribution in [0.5, 0.6) is 5.75 Å². The number of aromatic nitrogens is 4. The molecule has 36 heavy (non-hydrogen) atoms. The van der Waals surface area contributed by atoms with Crippen LogP contribution in [0.15, 0.2) is 61.7 Å². The minimum Gasteiger partial charge on any atom is -0.490 e. The predicted molar refractivity (Wildman–Crippen MR) is 128 cm³/mol. The molecule has 0 spiro atoms. The maximum atomic E-state index is 15.0. The van der Waals surface area contributed by atoms with Gasteiger partial charge in [0.25, 0.3) is 0 Å². The van der Waals surface area contributed by atoms with E-state index in [-0.39, 0.29) is 35.1 Å². The summed E-state index contributed by atoms with van der Waals surface area (Å²) in [5, 5.41) is 0. The Hall–Kier alpha value is -4.14. The summed E-state index contributed by atoms with van der Waals surface area (Å²) >= 11 is 0. The average molecular weight is 494 g/mol. The molecule has 0 aliphatic heterocycles. The van der Waals surface area contributed by atoms with Crippen LogP contribution in [0.3, 0.4) is 0 Å². The van der Waals surface area contributed by atoms with Gasteiger partial charge < -0.3 is 4.74 Å². The minimum absolute atomic E-state index is 0.134. The van der Waals surface area contributed by atoms with Gasteiger partial charge in [0.05, 0.1) is 6.61 Å². The largest absolute Gasteiger partial charge is 0.490 e. The number of hydrogen-bond donors (Lipinski definition) is 0. The number of halogens is 4. The lowest BCUT2D eigenvalue weighted by molar-refractivity contribution is 0.289. The molecule has 0 N–H and O–H groups in total. The van der Waals surface area contributed by atoms with Crippen molar-refractivity contribution >= 4 is 0 Å². The summed E-state index contributed by atoms with van der Waals surface area (Å²) in [5.41, 5.74) is 0.0972. The van der Waals surface area contributed by atoms with E-state index in [1.807, 2.05) is 6.92 Å². The first-order valence-electron chi connectivity index (χ1n) is 11.3. The van der Waals surface area contributed by atoms with Gasteiger partial charge in [0.15, 0.2) is 34.8 Å². The van der Waals surface area contributed by atoms with Gasteiger partial charge in [-0.2, -0.15) is 4.39 Å². The van der Waals surface area contributed by atoms with Gasteiger partial charge in [0, 0.05) is 47.0 Å². The highest BCUT2D eigenvalue weighted by molar-refractivity contribution is 5.72. The van der Waals surface area contributed by atoms with Gasteiger partial charge >= 0.3 is 0 Å². The van der Waals surface area contributed by atoms with E-state index in [2.05, 4.69) is 26.5 Å². The molecule has 0 fully saturated rings. The maximum Gasteiger partial charge on any atom is 0.201 e. The van der Waals surface area contributed by atoms with Crippen molar-refractivity contribution in [2.24, 2.45) is 0 Å². The monoisotopic (exact) mass is 494 g/mol. The van der Waals surface area contributed by atoms with Crippen LogP contribution in [0.1, 0.15) is 25.3 Å². The molecule has 0 aliphatic carbocycles. The molecule has 0 saturated carbocycles. The number of rotatable bonds is 9. The van der Waals surface area contributed by atoms with Crippen molar-refractivity contribution in [3.8, 4) is 39.7 Å². The Morgan fingerprint density at radius 3 is 1.89 bits per heavy atom. The molecule has 2 aromatic heterocycles. The first-order chi connectivity index (χ1) is 17.4. The molecule has 0 atom stereocenters. The van der Waals surface area contributed by atoms with Gasteiger partial charge in [0.2, 0.25) is 5.82 Å². The molecular weight excluding hydrogens is 472 g/mol. The second-order valence-electron chi connectivity index (χ2n) is 7.93. The lowest BCUT2D eigenvalue weighted by Crippen LogP contribution is -2.02. The van der Waals surface area contributed by atoms with E-state index >= 15 is 0 Å². The smallest absolute Gasteiger partial charge is 0.201 e. The Kier molecular flexibility index (Phi) is 7.68. The van der Waals surface area contributed by atoms with Crippen molar-refractivity contribution in [1.29, 1.82) is 0 Å². The summed E-state index contributed by atoms with van der Waals surface area (Å²) in [6, 6.07) is 4.80. The quantitative estimate of drug-likeness (QED) is 0.147. The van der Waals surface area contributed by atoms with Crippen LogP contribution < -0.4 is 4.74 Å². The van der Waals surface area contributed by atoms with Crippen molar-refractivity contribution in [1.82, 2.24) is 19.9 Å². The minimum atomic E-state index is -1.32. The normalized spacial score (nSPS) is 10.9. The van der Waals surface area contributed by atoms with Crippen molar-refractivity contribution in [2.75, 3.05) is 6.61 Å². The van der Waals surface area contributed by atoms with E-state index in [9.17, 15) is 17.6 Å². The van der Waals surface area contributed by atoms with Gasteiger partial charge in [0.1, 0.15) is 0 Å². The van der Waals surface area contributed by atoms with E-state index in [1.54, 1.807) is 18.5 Å². The van der Waals surface area contributed by atoms with Gasteiger partial charge in [-0.3, -0.25) is 0 Å². The predicted octanol–water partition coefficient (Wildman–Crippen LogP) is 6.73. The van der Waals surface area contributed by atoms with Gasteiger partial charge in [-0.1, -0.05) is 31.6 Å². The molecule has 0 aliphatic rings.